The van der Waals surface area contributed by atoms with Gasteiger partial charge >= 0.3 is 6.18 Å². The molecule has 2 saturated heterocycles. The lowest BCUT2D eigenvalue weighted by atomic mass is 9.96. The molecule has 2 aliphatic rings. The van der Waals surface area contributed by atoms with Crippen LogP contribution < -0.4 is 10.2 Å². The zero-order valence-corrected chi connectivity index (χ0v) is 20.0. The van der Waals surface area contributed by atoms with Crippen molar-refractivity contribution in [2.75, 3.05) is 56.5 Å². The second-order valence-corrected chi connectivity index (χ2v) is 10.5. The van der Waals surface area contributed by atoms with E-state index in [9.17, 15) is 26.4 Å². The first-order valence-electron chi connectivity index (χ1n) is 11.3. The summed E-state index contributed by atoms with van der Waals surface area (Å²) in [7, 11) is -2.14. The summed E-state index contributed by atoms with van der Waals surface area (Å²) in [5.41, 5.74) is -0.900. The Kier molecular flexibility index (Phi) is 7.17. The highest BCUT2D eigenvalue weighted by Gasteiger charge is 2.36. The third kappa shape index (κ3) is 5.50. The molecule has 1 aromatic carbocycles. The number of benzene rings is 1. The van der Waals surface area contributed by atoms with E-state index in [4.69, 9.17) is 0 Å². The molecule has 0 radical (unpaired) electrons. The molecule has 1 aromatic heterocycles. The molecule has 0 saturated carbocycles. The lowest BCUT2D eigenvalue weighted by Crippen LogP contribution is -2.52. The standard InChI is InChI=1S/C22H27F3N6O3S/c1-26-19-14-20(28-15-27-19)29-10-12-30(13-11-29)21(32)16-6-8-31(9-7-16)35(33,34)18-4-2-17(3-5-18)22(23,24)25/h2-5,14-16H,6-13H2,1H3,(H,26,27,28). The molecule has 1 amide bonds. The minimum Gasteiger partial charge on any atom is -0.373 e. The second kappa shape index (κ2) is 9.97. The zero-order chi connectivity index (χ0) is 25.2. The van der Waals surface area contributed by atoms with E-state index in [0.29, 0.717) is 44.8 Å². The second-order valence-electron chi connectivity index (χ2n) is 8.52. The highest BCUT2D eigenvalue weighted by Crippen LogP contribution is 2.31. The smallest absolute Gasteiger partial charge is 0.373 e. The molecule has 4 rings (SSSR count). The van der Waals surface area contributed by atoms with E-state index in [2.05, 4.69) is 20.2 Å². The summed E-state index contributed by atoms with van der Waals surface area (Å²) in [6.07, 6.45) is -2.30. The van der Waals surface area contributed by atoms with Crippen molar-refractivity contribution in [2.45, 2.75) is 23.9 Å². The van der Waals surface area contributed by atoms with Crippen molar-refractivity contribution in [3.63, 3.8) is 0 Å². The average Bonchev–Trinajstić information content (AvgIpc) is 2.88. The van der Waals surface area contributed by atoms with Crippen LogP contribution in [0.25, 0.3) is 0 Å². The predicted octanol–water partition coefficient (Wildman–Crippen LogP) is 2.29. The number of anilines is 2. The molecule has 1 N–H and O–H groups in total. The maximum Gasteiger partial charge on any atom is 0.416 e. The number of rotatable bonds is 5. The van der Waals surface area contributed by atoms with Gasteiger partial charge in [-0.05, 0) is 37.1 Å². The molecule has 0 unspecified atom stereocenters. The number of aromatic nitrogens is 2. The fourth-order valence-corrected chi connectivity index (χ4v) is 5.85. The maximum atomic E-state index is 13.1. The summed E-state index contributed by atoms with van der Waals surface area (Å²) in [6.45, 7) is 2.64. The first-order valence-corrected chi connectivity index (χ1v) is 12.7. The Morgan fingerprint density at radius 3 is 2.20 bits per heavy atom. The number of nitrogens with zero attached hydrogens (tertiary/aromatic N) is 5. The zero-order valence-electron chi connectivity index (χ0n) is 19.2. The number of alkyl halides is 3. The Hall–Kier alpha value is -2.93. The molecule has 2 fully saturated rings. The lowest BCUT2D eigenvalue weighted by Gasteiger charge is -2.38. The van der Waals surface area contributed by atoms with Crippen molar-refractivity contribution in [2.24, 2.45) is 5.92 Å². The SMILES string of the molecule is CNc1cc(N2CCN(C(=O)C3CCN(S(=O)(=O)c4ccc(C(F)(F)F)cc4)CC3)CC2)ncn1. The summed E-state index contributed by atoms with van der Waals surface area (Å²) in [6, 6.07) is 5.34. The van der Waals surface area contributed by atoms with Gasteiger partial charge in [0.25, 0.3) is 0 Å². The van der Waals surface area contributed by atoms with Crippen molar-refractivity contribution >= 4 is 27.6 Å². The quantitative estimate of drug-likeness (QED) is 0.656. The van der Waals surface area contributed by atoms with Crippen LogP contribution in [0.5, 0.6) is 0 Å². The molecule has 2 aliphatic heterocycles. The highest BCUT2D eigenvalue weighted by atomic mass is 32.2. The Morgan fingerprint density at radius 2 is 1.63 bits per heavy atom. The molecule has 35 heavy (non-hydrogen) atoms. The average molecular weight is 513 g/mol. The first kappa shape index (κ1) is 25.2. The van der Waals surface area contributed by atoms with Crippen LogP contribution in [-0.4, -0.2) is 79.8 Å². The number of halogens is 3. The Balaban J connectivity index is 1.31. The van der Waals surface area contributed by atoms with Crippen LogP contribution >= 0.6 is 0 Å². The van der Waals surface area contributed by atoms with Gasteiger partial charge in [-0.3, -0.25) is 4.79 Å². The first-order chi connectivity index (χ1) is 16.6. The Bertz CT molecular complexity index is 1140. The largest absolute Gasteiger partial charge is 0.416 e. The molecule has 0 bridgehead atoms. The summed E-state index contributed by atoms with van der Waals surface area (Å²) >= 11 is 0. The van der Waals surface area contributed by atoms with E-state index in [0.717, 1.165) is 30.1 Å². The van der Waals surface area contributed by atoms with Crippen LogP contribution in [-0.2, 0) is 21.0 Å². The molecule has 3 heterocycles. The molecular formula is C22H27F3N6O3S. The van der Waals surface area contributed by atoms with Crippen molar-refractivity contribution in [3.8, 4) is 0 Å². The number of carbonyl (C=O) groups excluding carboxylic acids is 1. The van der Waals surface area contributed by atoms with Gasteiger partial charge in [0.05, 0.1) is 10.5 Å². The molecule has 0 aliphatic carbocycles. The predicted molar refractivity (Wildman–Crippen MR) is 123 cm³/mol. The van der Waals surface area contributed by atoms with Gasteiger partial charge in [-0.1, -0.05) is 0 Å². The van der Waals surface area contributed by atoms with E-state index >= 15 is 0 Å². The van der Waals surface area contributed by atoms with Crippen molar-refractivity contribution < 1.29 is 26.4 Å². The van der Waals surface area contributed by atoms with E-state index in [-0.39, 0.29) is 29.8 Å². The van der Waals surface area contributed by atoms with Gasteiger partial charge in [0.2, 0.25) is 15.9 Å². The van der Waals surface area contributed by atoms with Crippen LogP contribution in [0.3, 0.4) is 0 Å². The number of amides is 1. The topological polar surface area (TPSA) is 98.7 Å². The van der Waals surface area contributed by atoms with Crippen LogP contribution in [0.4, 0.5) is 24.8 Å². The normalized spacial score (nSPS) is 18.5. The molecule has 190 valence electrons. The Labute approximate surface area is 202 Å². The molecule has 0 atom stereocenters. The fourth-order valence-electron chi connectivity index (χ4n) is 4.38. The molecule has 9 nitrogen and oxygen atoms in total. The van der Waals surface area contributed by atoms with Gasteiger partial charge in [-0.25, -0.2) is 18.4 Å². The van der Waals surface area contributed by atoms with Crippen molar-refractivity contribution in [1.29, 1.82) is 0 Å². The monoisotopic (exact) mass is 512 g/mol. The third-order valence-electron chi connectivity index (χ3n) is 6.45. The van der Waals surface area contributed by atoms with Gasteiger partial charge < -0.3 is 15.1 Å². The molecular weight excluding hydrogens is 485 g/mol. The van der Waals surface area contributed by atoms with E-state index in [1.807, 2.05) is 6.07 Å². The van der Waals surface area contributed by atoms with Gasteiger partial charge in [0, 0.05) is 58.3 Å². The minimum absolute atomic E-state index is 0.00910. The number of sulfonamides is 1. The van der Waals surface area contributed by atoms with Crippen molar-refractivity contribution in [1.82, 2.24) is 19.2 Å². The third-order valence-corrected chi connectivity index (χ3v) is 8.36. The maximum absolute atomic E-state index is 13.1. The number of piperidine rings is 1. The molecule has 2 aromatic rings. The van der Waals surface area contributed by atoms with E-state index in [1.54, 1.807) is 11.9 Å². The summed E-state index contributed by atoms with van der Waals surface area (Å²) in [4.78, 5) is 25.2. The number of piperazine rings is 1. The number of nitrogens with one attached hydrogen (secondary N) is 1. The van der Waals surface area contributed by atoms with Crippen LogP contribution in [0.1, 0.15) is 18.4 Å². The number of hydrogen-bond donors (Lipinski definition) is 1. The lowest BCUT2D eigenvalue weighted by molar-refractivity contribution is -0.138. The Morgan fingerprint density at radius 1 is 1.00 bits per heavy atom. The van der Waals surface area contributed by atoms with Gasteiger partial charge in [-0.15, -0.1) is 0 Å². The van der Waals surface area contributed by atoms with Gasteiger partial charge in [0.15, 0.2) is 0 Å². The van der Waals surface area contributed by atoms with E-state index < -0.39 is 21.8 Å². The van der Waals surface area contributed by atoms with Gasteiger partial charge in [0.1, 0.15) is 18.0 Å². The van der Waals surface area contributed by atoms with E-state index in [1.165, 1.54) is 10.6 Å². The summed E-state index contributed by atoms with van der Waals surface area (Å²) in [5.74, 6) is 1.23. The van der Waals surface area contributed by atoms with Crippen molar-refractivity contribution in [3.05, 3.63) is 42.2 Å². The fraction of sp³-hybridized carbons (Fsp3) is 0.500. The minimum atomic E-state index is -4.53. The highest BCUT2D eigenvalue weighted by molar-refractivity contribution is 7.89. The molecule has 13 heteroatoms. The van der Waals surface area contributed by atoms with Crippen LogP contribution in [0.15, 0.2) is 41.6 Å². The molecule has 0 spiro atoms. The summed E-state index contributed by atoms with van der Waals surface area (Å²) in [5, 5.41) is 2.98. The number of carbonyl (C=O) groups is 1. The number of hydrogen-bond acceptors (Lipinski definition) is 7. The van der Waals surface area contributed by atoms with Crippen LogP contribution in [0.2, 0.25) is 0 Å². The summed E-state index contributed by atoms with van der Waals surface area (Å²) < 4.78 is 65.3. The van der Waals surface area contributed by atoms with Gasteiger partial charge in [-0.2, -0.15) is 17.5 Å². The van der Waals surface area contributed by atoms with Crippen LogP contribution in [0, 0.1) is 5.92 Å².